The minimum atomic E-state index is -6.94. The van der Waals surface area contributed by atoms with Gasteiger partial charge >= 0.3 is 35.0 Å². The number of hydrogen-bond donors (Lipinski definition) is 1. The number of Topliss-reactive ketones (excluding diaryl/α,β-unsaturated/α-hetero) is 1. The van der Waals surface area contributed by atoms with Gasteiger partial charge in [0.05, 0.1) is 13.2 Å². The van der Waals surface area contributed by atoms with Gasteiger partial charge < -0.3 is 19.3 Å². The Labute approximate surface area is 163 Å². The quantitative estimate of drug-likeness (QED) is 0.152. The Morgan fingerprint density at radius 3 is 1.97 bits per heavy atom. The van der Waals surface area contributed by atoms with E-state index in [4.69, 9.17) is 0 Å². The number of ether oxygens (including phenoxy) is 2. The molecule has 1 N–H and O–H groups in total. The highest BCUT2D eigenvalue weighted by Crippen LogP contribution is 2.42. The summed E-state index contributed by atoms with van der Waals surface area (Å²) in [5.74, 6) is -15.7. The average molecular weight is 476 g/mol. The molecule has 0 fully saturated rings. The second-order valence-corrected chi connectivity index (χ2v) is 6.82. The van der Waals surface area contributed by atoms with Gasteiger partial charge in [-0.15, -0.1) is 0 Å². The van der Waals surface area contributed by atoms with Gasteiger partial charge in [-0.2, -0.15) is 30.7 Å². The van der Waals surface area contributed by atoms with Crippen LogP contribution < -0.4 is 5.32 Å². The van der Waals surface area contributed by atoms with E-state index in [1.165, 1.54) is 5.32 Å². The molecule has 1 amide bonds. The summed E-state index contributed by atoms with van der Waals surface area (Å²) in [6.07, 6.45) is -8.42. The number of esters is 1. The number of rotatable bonds is 11. The number of ketones is 1. The first kappa shape index (κ1) is 27.7. The Balaban J connectivity index is 5.94. The van der Waals surface area contributed by atoms with Gasteiger partial charge in [0.1, 0.15) is 5.78 Å². The summed E-state index contributed by atoms with van der Waals surface area (Å²) < 4.78 is 132. The molecule has 0 aliphatic carbocycles. The summed E-state index contributed by atoms with van der Waals surface area (Å²) in [4.78, 5) is 33.9. The van der Waals surface area contributed by atoms with E-state index in [0.717, 1.165) is 6.92 Å². The van der Waals surface area contributed by atoms with Crippen LogP contribution in [0.2, 0.25) is 0 Å². The average Bonchev–Trinajstić information content (AvgIpc) is 2.55. The smallest absolute Gasteiger partial charge is 0.466 e. The normalized spacial score (nSPS) is 15.1. The van der Waals surface area contributed by atoms with Crippen molar-refractivity contribution in [2.45, 2.75) is 36.5 Å². The van der Waals surface area contributed by atoms with Gasteiger partial charge in [0.2, 0.25) is 0 Å². The summed E-state index contributed by atoms with van der Waals surface area (Å²) >= 11 is 0. The summed E-state index contributed by atoms with van der Waals surface area (Å²) in [5, 5.41) is -4.90. The highest BCUT2D eigenvalue weighted by molar-refractivity contribution is 7.86. The number of hydrogen-bond acceptors (Lipinski definition) is 8. The van der Waals surface area contributed by atoms with Gasteiger partial charge in [0, 0.05) is 12.5 Å². The van der Waals surface area contributed by atoms with Crippen molar-refractivity contribution in [3.8, 4) is 0 Å². The van der Waals surface area contributed by atoms with E-state index in [1.807, 2.05) is 0 Å². The third kappa shape index (κ3) is 6.11. The standard InChI is InChI=1S/C13H14F7NO8S/c1-3-8(23)29-11(12(16,17)18,9(24)21-6-7(2)22)28-5-4-10(14,15)13(19,20)30(25,26)27/h3H,1,4-6H2,2H3,(H,21,24)(H,25,26,27)/p-1. The first-order valence-corrected chi connectivity index (χ1v) is 8.71. The molecule has 0 aliphatic rings. The van der Waals surface area contributed by atoms with Crippen molar-refractivity contribution in [1.29, 1.82) is 0 Å². The van der Waals surface area contributed by atoms with E-state index in [-0.39, 0.29) is 6.08 Å². The number of nitrogens with one attached hydrogen (secondary N) is 1. The van der Waals surface area contributed by atoms with Crippen LogP contribution in [0.5, 0.6) is 0 Å². The van der Waals surface area contributed by atoms with Crippen molar-refractivity contribution in [2.75, 3.05) is 13.2 Å². The zero-order valence-electron chi connectivity index (χ0n) is 14.7. The zero-order chi connectivity index (χ0) is 24.2. The van der Waals surface area contributed by atoms with Gasteiger partial charge in [-0.25, -0.2) is 13.2 Å². The lowest BCUT2D eigenvalue weighted by Crippen LogP contribution is -2.62. The van der Waals surface area contributed by atoms with Crippen molar-refractivity contribution in [1.82, 2.24) is 5.32 Å². The molecular weight excluding hydrogens is 463 g/mol. The van der Waals surface area contributed by atoms with Crippen LogP contribution in [-0.2, 0) is 34.0 Å². The molecule has 17 heteroatoms. The minimum Gasteiger partial charge on any atom is -0.743 e. The molecule has 0 heterocycles. The van der Waals surface area contributed by atoms with Gasteiger partial charge in [-0.1, -0.05) is 6.58 Å². The van der Waals surface area contributed by atoms with Crippen LogP contribution in [-0.4, -0.2) is 66.9 Å². The maximum absolute atomic E-state index is 13.4. The van der Waals surface area contributed by atoms with Crippen LogP contribution in [0.4, 0.5) is 30.7 Å². The van der Waals surface area contributed by atoms with Crippen LogP contribution in [0.25, 0.3) is 0 Å². The summed E-state index contributed by atoms with van der Waals surface area (Å²) in [5.41, 5.74) is 0. The van der Waals surface area contributed by atoms with Crippen LogP contribution >= 0.6 is 0 Å². The van der Waals surface area contributed by atoms with E-state index in [1.54, 1.807) is 0 Å². The van der Waals surface area contributed by atoms with Gasteiger partial charge in [0.15, 0.2) is 10.1 Å². The lowest BCUT2D eigenvalue weighted by atomic mass is 10.2. The molecule has 174 valence electrons. The highest BCUT2D eigenvalue weighted by Gasteiger charge is 2.67. The Morgan fingerprint density at radius 2 is 1.60 bits per heavy atom. The van der Waals surface area contributed by atoms with Crippen LogP contribution in [0.3, 0.4) is 0 Å². The number of halogens is 7. The van der Waals surface area contributed by atoms with Crippen LogP contribution in [0, 0.1) is 0 Å². The third-order valence-corrected chi connectivity index (χ3v) is 3.97. The molecule has 0 saturated heterocycles. The molecule has 0 saturated carbocycles. The monoisotopic (exact) mass is 476 g/mol. The van der Waals surface area contributed by atoms with E-state index < -0.39 is 70.5 Å². The molecule has 1 atom stereocenters. The molecule has 0 radical (unpaired) electrons. The molecule has 0 rings (SSSR count). The first-order valence-electron chi connectivity index (χ1n) is 7.30. The van der Waals surface area contributed by atoms with Crippen LogP contribution in [0.1, 0.15) is 13.3 Å². The molecule has 1 unspecified atom stereocenters. The number of carbonyl (C=O) groups is 3. The fourth-order valence-corrected chi connectivity index (χ4v) is 2.03. The number of carbonyl (C=O) groups excluding carboxylic acids is 3. The fraction of sp³-hybridized carbons (Fsp3) is 0.615. The Bertz CT molecular complexity index is 796. The molecule has 0 aromatic carbocycles. The van der Waals surface area contributed by atoms with E-state index >= 15 is 0 Å². The van der Waals surface area contributed by atoms with Crippen molar-refractivity contribution < 1.29 is 67.6 Å². The summed E-state index contributed by atoms with van der Waals surface area (Å²) in [6, 6.07) is 0. The maximum atomic E-state index is 13.4. The Hall–Kier alpha value is -2.27. The third-order valence-electron chi connectivity index (χ3n) is 3.04. The second-order valence-electron chi connectivity index (χ2n) is 5.40. The lowest BCUT2D eigenvalue weighted by Gasteiger charge is -2.34. The van der Waals surface area contributed by atoms with E-state index in [0.29, 0.717) is 0 Å². The first-order chi connectivity index (χ1) is 13.2. The van der Waals surface area contributed by atoms with Gasteiger partial charge in [0.25, 0.3) is 0 Å². The van der Waals surface area contributed by atoms with Crippen molar-refractivity contribution in [3.05, 3.63) is 12.7 Å². The molecule has 0 aromatic rings. The largest absolute Gasteiger partial charge is 0.743 e. The van der Waals surface area contributed by atoms with E-state index in [2.05, 4.69) is 16.1 Å². The van der Waals surface area contributed by atoms with Crippen molar-refractivity contribution >= 4 is 27.8 Å². The van der Waals surface area contributed by atoms with Crippen molar-refractivity contribution in [2.24, 2.45) is 0 Å². The maximum Gasteiger partial charge on any atom is 0.466 e. The number of alkyl halides is 7. The predicted molar refractivity (Wildman–Crippen MR) is 78.9 cm³/mol. The van der Waals surface area contributed by atoms with Gasteiger partial charge in [-0.3, -0.25) is 9.59 Å². The van der Waals surface area contributed by atoms with Crippen molar-refractivity contribution in [3.63, 3.8) is 0 Å². The summed E-state index contributed by atoms with van der Waals surface area (Å²) in [6.45, 7) is 0.335. The Morgan fingerprint density at radius 1 is 1.10 bits per heavy atom. The zero-order valence-corrected chi connectivity index (χ0v) is 15.5. The molecule has 9 nitrogen and oxygen atoms in total. The molecule has 0 aliphatic heterocycles. The van der Waals surface area contributed by atoms with Gasteiger partial charge in [-0.05, 0) is 6.92 Å². The Kier molecular flexibility index (Phi) is 8.55. The van der Waals surface area contributed by atoms with E-state index in [9.17, 15) is 58.1 Å². The minimum absolute atomic E-state index is 0.106. The van der Waals surface area contributed by atoms with Crippen LogP contribution in [0.15, 0.2) is 12.7 Å². The topological polar surface area (TPSA) is 139 Å². The fourth-order valence-electron chi connectivity index (χ4n) is 1.57. The molecular formula is C13H13F7NO8S-. The second kappa shape index (κ2) is 9.25. The predicted octanol–water partition coefficient (Wildman–Crippen LogP) is 0.859. The lowest BCUT2D eigenvalue weighted by molar-refractivity contribution is -0.349. The molecule has 0 spiro atoms. The highest BCUT2D eigenvalue weighted by atomic mass is 32.2. The summed E-state index contributed by atoms with van der Waals surface area (Å²) in [7, 11) is -6.94. The molecule has 0 aromatic heterocycles. The number of amides is 1. The SMILES string of the molecule is C=CC(=O)OC(OCCC(F)(F)C(F)(F)S(=O)(=O)[O-])(C(=O)NCC(C)=O)C(F)(F)F. The molecule has 0 bridgehead atoms. The molecule has 30 heavy (non-hydrogen) atoms.